The van der Waals surface area contributed by atoms with Gasteiger partial charge in [0.25, 0.3) is 0 Å². The molecule has 0 bridgehead atoms. The molecule has 3 heteroatoms. The third-order valence-corrected chi connectivity index (χ3v) is 1.74. The number of nitrogens with two attached hydrogens (primary N) is 1. The molecule has 0 aliphatic carbocycles. The fourth-order valence-corrected chi connectivity index (χ4v) is 1.18. The fraction of sp³-hybridized carbons (Fsp3) is 0.333. The molecule has 0 aromatic heterocycles. The number of halogens is 1. The van der Waals surface area contributed by atoms with Crippen molar-refractivity contribution in [1.82, 2.24) is 0 Å². The predicted octanol–water partition coefficient (Wildman–Crippen LogP) is 1.98. The van der Waals surface area contributed by atoms with Crippen molar-refractivity contribution in [3.63, 3.8) is 0 Å². The van der Waals surface area contributed by atoms with E-state index in [9.17, 15) is 4.39 Å². The molecule has 0 amide bonds. The smallest absolute Gasteiger partial charge is 0.145 e. The summed E-state index contributed by atoms with van der Waals surface area (Å²) in [7, 11) is 1.53. The number of nitrogen functional groups attached to an aromatic ring is 1. The average Bonchev–Trinajstić information content (AvgIpc) is 2.03. The van der Waals surface area contributed by atoms with Gasteiger partial charge in [0.2, 0.25) is 0 Å². The summed E-state index contributed by atoms with van der Waals surface area (Å²) in [5, 5.41) is 0. The van der Waals surface area contributed by atoms with Crippen molar-refractivity contribution in [3.05, 3.63) is 23.5 Å². The van der Waals surface area contributed by atoms with Crippen LogP contribution >= 0.6 is 0 Å². The van der Waals surface area contributed by atoms with Crippen LogP contribution in [-0.4, -0.2) is 7.11 Å². The van der Waals surface area contributed by atoms with Crippen molar-refractivity contribution in [2.45, 2.75) is 13.3 Å². The molecular weight excluding hydrogens is 157 g/mol. The Bertz CT molecular complexity index is 286. The number of hydrogen-bond acceptors (Lipinski definition) is 2. The van der Waals surface area contributed by atoms with E-state index in [4.69, 9.17) is 10.5 Å². The molecule has 0 unspecified atom stereocenters. The van der Waals surface area contributed by atoms with Gasteiger partial charge in [-0.05, 0) is 18.1 Å². The van der Waals surface area contributed by atoms with Crippen LogP contribution in [0.5, 0.6) is 5.75 Å². The van der Waals surface area contributed by atoms with Crippen molar-refractivity contribution >= 4 is 5.69 Å². The third-order valence-electron chi connectivity index (χ3n) is 1.74. The maximum Gasteiger partial charge on any atom is 0.145 e. The monoisotopic (exact) mass is 169 g/mol. The van der Waals surface area contributed by atoms with Crippen molar-refractivity contribution < 1.29 is 9.13 Å². The van der Waals surface area contributed by atoms with Crippen LogP contribution in [0, 0.1) is 5.82 Å². The summed E-state index contributed by atoms with van der Waals surface area (Å²) in [6.45, 7) is 1.93. The van der Waals surface area contributed by atoms with Gasteiger partial charge >= 0.3 is 0 Å². The number of methoxy groups -OCH3 is 1. The Morgan fingerprint density at radius 3 is 2.67 bits per heavy atom. The van der Waals surface area contributed by atoms with E-state index in [0.717, 1.165) is 5.56 Å². The normalized spacial score (nSPS) is 9.92. The zero-order chi connectivity index (χ0) is 9.14. The van der Waals surface area contributed by atoms with E-state index in [-0.39, 0.29) is 5.82 Å². The maximum atomic E-state index is 12.8. The number of anilines is 1. The van der Waals surface area contributed by atoms with E-state index in [1.807, 2.05) is 6.92 Å². The molecule has 0 atom stereocenters. The average molecular weight is 169 g/mol. The van der Waals surface area contributed by atoms with E-state index < -0.39 is 0 Å². The number of rotatable bonds is 2. The molecule has 0 spiro atoms. The summed E-state index contributed by atoms with van der Waals surface area (Å²) in [4.78, 5) is 0. The molecule has 1 rings (SSSR count). The van der Waals surface area contributed by atoms with Gasteiger partial charge in [-0.2, -0.15) is 0 Å². The highest BCUT2D eigenvalue weighted by atomic mass is 19.1. The minimum Gasteiger partial charge on any atom is -0.494 e. The first-order valence-corrected chi connectivity index (χ1v) is 3.81. The van der Waals surface area contributed by atoms with Crippen LogP contribution in [0.4, 0.5) is 10.1 Å². The summed E-state index contributed by atoms with van der Waals surface area (Å²) in [6, 6.07) is 2.70. The highest BCUT2D eigenvalue weighted by Crippen LogP contribution is 2.27. The topological polar surface area (TPSA) is 35.2 Å². The van der Waals surface area contributed by atoms with Crippen molar-refractivity contribution in [2.75, 3.05) is 12.8 Å². The highest BCUT2D eigenvalue weighted by Gasteiger charge is 2.07. The minimum atomic E-state index is -0.315. The Morgan fingerprint density at radius 2 is 2.17 bits per heavy atom. The van der Waals surface area contributed by atoms with Crippen LogP contribution in [0.3, 0.4) is 0 Å². The van der Waals surface area contributed by atoms with Gasteiger partial charge in [-0.3, -0.25) is 0 Å². The van der Waals surface area contributed by atoms with Gasteiger partial charge in [0.15, 0.2) is 0 Å². The van der Waals surface area contributed by atoms with Crippen LogP contribution in [0.15, 0.2) is 12.1 Å². The molecule has 0 saturated heterocycles. The lowest BCUT2D eigenvalue weighted by Crippen LogP contribution is -1.97. The molecule has 0 radical (unpaired) electrons. The number of ether oxygens (including phenoxy) is 1. The van der Waals surface area contributed by atoms with E-state index >= 15 is 0 Å². The van der Waals surface area contributed by atoms with Crippen molar-refractivity contribution in [3.8, 4) is 5.75 Å². The van der Waals surface area contributed by atoms with Crippen LogP contribution in [-0.2, 0) is 6.42 Å². The van der Waals surface area contributed by atoms with Gasteiger partial charge in [0.1, 0.15) is 11.6 Å². The Hall–Kier alpha value is -1.25. The lowest BCUT2D eigenvalue weighted by atomic mass is 10.1. The summed E-state index contributed by atoms with van der Waals surface area (Å²) < 4.78 is 17.8. The van der Waals surface area contributed by atoms with Crippen LogP contribution in [0.2, 0.25) is 0 Å². The van der Waals surface area contributed by atoms with Gasteiger partial charge in [0.05, 0.1) is 12.8 Å². The van der Waals surface area contributed by atoms with Gasteiger partial charge in [-0.1, -0.05) is 6.92 Å². The van der Waals surface area contributed by atoms with E-state index in [0.29, 0.717) is 17.9 Å². The number of benzene rings is 1. The SMILES string of the molecule is CCc1cc(F)cc(N)c1OC. The second-order valence-electron chi connectivity index (χ2n) is 2.54. The second kappa shape index (κ2) is 3.43. The van der Waals surface area contributed by atoms with Crippen molar-refractivity contribution in [1.29, 1.82) is 0 Å². The van der Waals surface area contributed by atoms with E-state index in [1.54, 1.807) is 0 Å². The number of aryl methyl sites for hydroxylation is 1. The van der Waals surface area contributed by atoms with Gasteiger partial charge in [-0.25, -0.2) is 4.39 Å². The van der Waals surface area contributed by atoms with Gasteiger partial charge in [-0.15, -0.1) is 0 Å². The van der Waals surface area contributed by atoms with Crippen LogP contribution in [0.1, 0.15) is 12.5 Å². The molecule has 2 N–H and O–H groups in total. The molecule has 0 heterocycles. The summed E-state index contributed by atoms with van der Waals surface area (Å²) >= 11 is 0. The molecule has 0 aliphatic rings. The zero-order valence-electron chi connectivity index (χ0n) is 7.23. The Labute approximate surface area is 71.1 Å². The van der Waals surface area contributed by atoms with Crippen LogP contribution < -0.4 is 10.5 Å². The summed E-state index contributed by atoms with van der Waals surface area (Å²) in [5.41, 5.74) is 6.70. The second-order valence-corrected chi connectivity index (χ2v) is 2.54. The van der Waals surface area contributed by atoms with Crippen LogP contribution in [0.25, 0.3) is 0 Å². The first kappa shape index (κ1) is 8.84. The Balaban J connectivity index is 3.24. The number of hydrogen-bond donors (Lipinski definition) is 1. The molecule has 66 valence electrons. The Kier molecular flexibility index (Phi) is 2.53. The predicted molar refractivity (Wildman–Crippen MR) is 46.7 cm³/mol. The Morgan fingerprint density at radius 1 is 1.50 bits per heavy atom. The first-order valence-electron chi connectivity index (χ1n) is 3.81. The van der Waals surface area contributed by atoms with Crippen molar-refractivity contribution in [2.24, 2.45) is 0 Å². The summed E-state index contributed by atoms with van der Waals surface area (Å²) in [6.07, 6.45) is 0.713. The van der Waals surface area contributed by atoms with E-state index in [2.05, 4.69) is 0 Å². The van der Waals surface area contributed by atoms with E-state index in [1.165, 1.54) is 19.2 Å². The lowest BCUT2D eigenvalue weighted by molar-refractivity contribution is 0.411. The minimum absolute atomic E-state index is 0.315. The molecule has 12 heavy (non-hydrogen) atoms. The molecule has 0 saturated carbocycles. The van der Waals surface area contributed by atoms with Gasteiger partial charge < -0.3 is 10.5 Å². The molecule has 0 aliphatic heterocycles. The standard InChI is InChI=1S/C9H12FNO/c1-3-6-4-7(10)5-8(11)9(6)12-2/h4-5H,3,11H2,1-2H3. The lowest BCUT2D eigenvalue weighted by Gasteiger charge is -2.09. The molecule has 1 aromatic carbocycles. The maximum absolute atomic E-state index is 12.8. The molecule has 1 aromatic rings. The quantitative estimate of drug-likeness (QED) is 0.687. The zero-order valence-corrected chi connectivity index (χ0v) is 7.23. The third kappa shape index (κ3) is 1.49. The highest BCUT2D eigenvalue weighted by molar-refractivity contribution is 5.57. The largest absolute Gasteiger partial charge is 0.494 e. The molecule has 0 fully saturated rings. The fourth-order valence-electron chi connectivity index (χ4n) is 1.18. The first-order chi connectivity index (χ1) is 5.69. The molecule has 2 nitrogen and oxygen atoms in total. The summed E-state index contributed by atoms with van der Waals surface area (Å²) in [5.74, 6) is 0.268. The van der Waals surface area contributed by atoms with Gasteiger partial charge in [0, 0.05) is 6.07 Å². The molecular formula is C9H12FNO.